The number of rotatable bonds is 5. The minimum absolute atomic E-state index is 0.138. The van der Waals surface area contributed by atoms with Gasteiger partial charge in [0.05, 0.1) is 0 Å². The predicted octanol–water partition coefficient (Wildman–Crippen LogP) is 2.21. The van der Waals surface area contributed by atoms with Gasteiger partial charge in [0.2, 0.25) is 0 Å². The summed E-state index contributed by atoms with van der Waals surface area (Å²) < 4.78 is 4.95. The first-order valence-corrected chi connectivity index (χ1v) is 4.49. The Labute approximate surface area is 78.8 Å². The van der Waals surface area contributed by atoms with Crippen molar-refractivity contribution in [2.75, 3.05) is 0 Å². The van der Waals surface area contributed by atoms with Gasteiger partial charge in [-0.3, -0.25) is 9.59 Å². The van der Waals surface area contributed by atoms with Gasteiger partial charge >= 0.3 is 5.97 Å². The number of carbonyl (C=O) groups is 2. The maximum Gasteiger partial charge on any atom is 0.318 e. The lowest BCUT2D eigenvalue weighted by Gasteiger charge is -2.04. The smallest absolute Gasteiger partial charge is 0.318 e. The van der Waals surface area contributed by atoms with Crippen molar-refractivity contribution in [1.29, 1.82) is 0 Å². The normalized spacial score (nSPS) is 11.2. The van der Waals surface area contributed by atoms with Crippen molar-refractivity contribution < 1.29 is 14.3 Å². The minimum atomic E-state index is -0.464. The lowest BCUT2D eigenvalue weighted by molar-refractivity contribution is -0.142. The zero-order chi connectivity index (χ0) is 10.3. The van der Waals surface area contributed by atoms with Gasteiger partial charge in [-0.15, -0.1) is 0 Å². The van der Waals surface area contributed by atoms with Crippen LogP contribution in [0, 0.1) is 0 Å². The summed E-state index contributed by atoms with van der Waals surface area (Å²) in [6, 6.07) is 0. The van der Waals surface area contributed by atoms with Gasteiger partial charge in [0, 0.05) is 6.42 Å². The molecule has 0 rings (SSSR count). The summed E-state index contributed by atoms with van der Waals surface area (Å²) in [6.07, 6.45) is 3.22. The lowest BCUT2D eigenvalue weighted by Crippen LogP contribution is -2.08. The molecule has 0 radical (unpaired) electrons. The fourth-order valence-electron chi connectivity index (χ4n) is 0.871. The number of hydrogen-bond acceptors (Lipinski definition) is 3. The Morgan fingerprint density at radius 2 is 1.92 bits per heavy atom. The first kappa shape index (κ1) is 11.9. The molecule has 0 aromatic heterocycles. The van der Waals surface area contributed by atoms with Gasteiger partial charge in [0.25, 0.3) is 0 Å². The van der Waals surface area contributed by atoms with E-state index >= 15 is 0 Å². The summed E-state index contributed by atoms with van der Waals surface area (Å²) in [5.74, 6) is 0.0137. The molecule has 0 saturated heterocycles. The number of ketones is 1. The van der Waals surface area contributed by atoms with Crippen LogP contribution in [0.4, 0.5) is 0 Å². The van der Waals surface area contributed by atoms with Gasteiger partial charge in [0.15, 0.2) is 0 Å². The largest absolute Gasteiger partial charge is 0.431 e. The third-order valence-electron chi connectivity index (χ3n) is 1.42. The molecule has 0 heterocycles. The van der Waals surface area contributed by atoms with E-state index in [1.165, 1.54) is 6.92 Å². The van der Waals surface area contributed by atoms with Crippen molar-refractivity contribution in [2.24, 2.45) is 0 Å². The molecule has 13 heavy (non-hydrogen) atoms. The van der Waals surface area contributed by atoms with Gasteiger partial charge in [0.1, 0.15) is 18.0 Å². The van der Waals surface area contributed by atoms with Crippen LogP contribution in [0.1, 0.15) is 40.0 Å². The Balaban J connectivity index is 4.02. The fourth-order valence-corrected chi connectivity index (χ4v) is 0.871. The fraction of sp³-hybridized carbons (Fsp3) is 0.600. The molecule has 0 aliphatic carbocycles. The molecule has 0 N–H and O–H groups in total. The highest BCUT2D eigenvalue weighted by Gasteiger charge is 2.07. The Hall–Kier alpha value is -1.12. The summed E-state index contributed by atoms with van der Waals surface area (Å²) in [5, 5.41) is 0. The van der Waals surface area contributed by atoms with E-state index in [4.69, 9.17) is 4.74 Å². The monoisotopic (exact) mass is 184 g/mol. The van der Waals surface area contributed by atoms with Crippen LogP contribution in [-0.2, 0) is 14.3 Å². The van der Waals surface area contributed by atoms with Crippen LogP contribution in [0.3, 0.4) is 0 Å². The van der Waals surface area contributed by atoms with Gasteiger partial charge in [-0.2, -0.15) is 0 Å². The first-order valence-electron chi connectivity index (χ1n) is 4.49. The molecule has 0 bridgehead atoms. The van der Waals surface area contributed by atoms with E-state index in [0.29, 0.717) is 12.2 Å². The summed E-state index contributed by atoms with van der Waals surface area (Å²) >= 11 is 0. The molecule has 0 fully saturated rings. The van der Waals surface area contributed by atoms with Crippen molar-refractivity contribution in [3.8, 4) is 0 Å². The zero-order valence-corrected chi connectivity index (χ0v) is 8.42. The maximum absolute atomic E-state index is 11.0. The minimum Gasteiger partial charge on any atom is -0.431 e. The third kappa shape index (κ3) is 6.08. The van der Waals surface area contributed by atoms with Crippen LogP contribution in [0.2, 0.25) is 0 Å². The van der Waals surface area contributed by atoms with E-state index in [1.54, 1.807) is 0 Å². The topological polar surface area (TPSA) is 43.4 Å². The average Bonchev–Trinajstić information content (AvgIpc) is 2.02. The molecular formula is C10H16O3. The molecule has 0 aliphatic rings. The second-order valence-corrected chi connectivity index (χ2v) is 2.79. The molecule has 0 spiro atoms. The van der Waals surface area contributed by atoms with Crippen LogP contribution < -0.4 is 0 Å². The molecule has 74 valence electrons. The number of Topliss-reactive ketones (excluding diaryl/α,β-unsaturated/α-hetero) is 1. The Morgan fingerprint density at radius 1 is 1.31 bits per heavy atom. The number of allylic oxidation sites excluding steroid dienone is 2. The molecule has 3 nitrogen and oxygen atoms in total. The summed E-state index contributed by atoms with van der Waals surface area (Å²) in [6.45, 7) is 5.24. The first-order chi connectivity index (χ1) is 6.10. The maximum atomic E-state index is 11.0. The highest BCUT2D eigenvalue weighted by molar-refractivity contribution is 5.94. The highest BCUT2D eigenvalue weighted by atomic mass is 16.5. The van der Waals surface area contributed by atoms with Crippen LogP contribution in [0.5, 0.6) is 0 Å². The van der Waals surface area contributed by atoms with Gasteiger partial charge in [-0.1, -0.05) is 13.8 Å². The Bertz CT molecular complexity index is 216. The molecule has 0 amide bonds. The van der Waals surface area contributed by atoms with Crippen molar-refractivity contribution >= 4 is 11.8 Å². The molecule has 0 unspecified atom stereocenters. The van der Waals surface area contributed by atoms with Crippen LogP contribution >= 0.6 is 0 Å². The number of ether oxygens (including phenoxy) is 1. The van der Waals surface area contributed by atoms with Crippen LogP contribution in [0.25, 0.3) is 0 Å². The van der Waals surface area contributed by atoms with E-state index in [1.807, 2.05) is 19.9 Å². The van der Waals surface area contributed by atoms with Gasteiger partial charge < -0.3 is 4.74 Å². The molecule has 0 saturated carbocycles. The van der Waals surface area contributed by atoms with Crippen LogP contribution in [-0.4, -0.2) is 11.8 Å². The summed E-state index contributed by atoms with van der Waals surface area (Å²) in [4.78, 5) is 21.6. The van der Waals surface area contributed by atoms with Gasteiger partial charge in [-0.25, -0.2) is 0 Å². The van der Waals surface area contributed by atoms with Crippen molar-refractivity contribution in [3.63, 3.8) is 0 Å². The van der Waals surface area contributed by atoms with E-state index in [0.717, 1.165) is 6.42 Å². The summed E-state index contributed by atoms with van der Waals surface area (Å²) in [5.41, 5.74) is 0. The highest BCUT2D eigenvalue weighted by Crippen LogP contribution is 2.05. The molecule has 0 aliphatic heterocycles. The van der Waals surface area contributed by atoms with E-state index in [-0.39, 0.29) is 12.2 Å². The van der Waals surface area contributed by atoms with Crippen molar-refractivity contribution in [2.45, 2.75) is 40.0 Å². The van der Waals surface area contributed by atoms with Crippen molar-refractivity contribution in [1.82, 2.24) is 0 Å². The second-order valence-electron chi connectivity index (χ2n) is 2.79. The number of esters is 1. The SMILES string of the molecule is CCC=C(CC)OC(=O)CC(C)=O. The van der Waals surface area contributed by atoms with Crippen molar-refractivity contribution in [3.05, 3.63) is 11.8 Å². The van der Waals surface area contributed by atoms with E-state index < -0.39 is 5.97 Å². The zero-order valence-electron chi connectivity index (χ0n) is 8.42. The third-order valence-corrected chi connectivity index (χ3v) is 1.42. The quantitative estimate of drug-likeness (QED) is 0.374. The second kappa shape index (κ2) is 6.40. The molecule has 0 atom stereocenters. The molecular weight excluding hydrogens is 168 g/mol. The average molecular weight is 184 g/mol. The molecule has 0 aromatic rings. The number of carbonyl (C=O) groups excluding carboxylic acids is 2. The predicted molar refractivity (Wildman–Crippen MR) is 50.1 cm³/mol. The van der Waals surface area contributed by atoms with Gasteiger partial charge in [-0.05, 0) is 19.4 Å². The van der Waals surface area contributed by atoms with E-state index in [2.05, 4.69) is 0 Å². The number of hydrogen-bond donors (Lipinski definition) is 0. The Morgan fingerprint density at radius 3 is 2.31 bits per heavy atom. The summed E-state index contributed by atoms with van der Waals surface area (Å²) in [7, 11) is 0. The lowest BCUT2D eigenvalue weighted by atomic mass is 10.3. The Kier molecular flexibility index (Phi) is 5.85. The molecule has 3 heteroatoms. The van der Waals surface area contributed by atoms with Crippen LogP contribution in [0.15, 0.2) is 11.8 Å². The standard InChI is InChI=1S/C10H16O3/c1-4-6-9(5-2)13-10(12)7-8(3)11/h6H,4-5,7H2,1-3H3. The van der Waals surface area contributed by atoms with E-state index in [9.17, 15) is 9.59 Å². The molecule has 0 aromatic carbocycles.